The molecule has 140 valence electrons. The van der Waals surface area contributed by atoms with Crippen LogP contribution in [0, 0.1) is 0 Å². The van der Waals surface area contributed by atoms with E-state index in [0.717, 1.165) is 0 Å². The highest BCUT2D eigenvalue weighted by molar-refractivity contribution is 8.27. The van der Waals surface area contributed by atoms with Gasteiger partial charge in [-0.2, -0.15) is 0 Å². The van der Waals surface area contributed by atoms with Gasteiger partial charge >= 0.3 is 0 Å². The lowest BCUT2D eigenvalue weighted by molar-refractivity contribution is -0.113. The van der Waals surface area contributed by atoms with Crippen molar-refractivity contribution in [3.05, 3.63) is 51.9 Å². The van der Waals surface area contributed by atoms with Crippen LogP contribution in [0.1, 0.15) is 5.56 Å². The molecule has 0 N–H and O–H groups in total. The van der Waals surface area contributed by atoms with E-state index in [1.54, 1.807) is 49.6 Å². The zero-order valence-electron chi connectivity index (χ0n) is 14.8. The molecule has 0 saturated carbocycles. The number of nitrogens with zero attached hydrogens (tertiary/aromatic N) is 1. The van der Waals surface area contributed by atoms with Gasteiger partial charge in [-0.05, 0) is 48.0 Å². The third-order valence-corrected chi connectivity index (χ3v) is 5.46. The molecule has 5 nitrogen and oxygen atoms in total. The fourth-order valence-electron chi connectivity index (χ4n) is 2.59. The van der Waals surface area contributed by atoms with Gasteiger partial charge in [0.15, 0.2) is 15.8 Å². The van der Waals surface area contributed by atoms with Crippen LogP contribution < -0.4 is 19.1 Å². The Labute approximate surface area is 171 Å². The van der Waals surface area contributed by atoms with Crippen LogP contribution in [-0.4, -0.2) is 31.6 Å². The van der Waals surface area contributed by atoms with Crippen LogP contribution in [0.5, 0.6) is 17.2 Å². The molecule has 0 atom stereocenters. The summed E-state index contributed by atoms with van der Waals surface area (Å²) in [4.78, 5) is 14.9. The number of amides is 1. The topological polar surface area (TPSA) is 48.0 Å². The van der Waals surface area contributed by atoms with Gasteiger partial charge < -0.3 is 14.2 Å². The Morgan fingerprint density at radius 2 is 1.78 bits per heavy atom. The lowest BCUT2D eigenvalue weighted by atomic mass is 10.1. The molecule has 8 heteroatoms. The van der Waals surface area contributed by atoms with E-state index in [1.807, 2.05) is 0 Å². The number of rotatable bonds is 5. The number of carbonyl (C=O) groups excluding carboxylic acids is 1. The SMILES string of the molecule is COc1ccc(N2C(=O)/C(=C\c3cc(Cl)c(OC)c(OC)c3)SC2=S)cc1. The molecular formula is C19H16ClNO4S2. The summed E-state index contributed by atoms with van der Waals surface area (Å²) in [5.41, 5.74) is 1.40. The van der Waals surface area contributed by atoms with Gasteiger partial charge in [-0.25, -0.2) is 0 Å². The number of benzene rings is 2. The summed E-state index contributed by atoms with van der Waals surface area (Å²) in [6, 6.07) is 10.6. The van der Waals surface area contributed by atoms with Gasteiger partial charge in [0.1, 0.15) is 5.75 Å². The summed E-state index contributed by atoms with van der Waals surface area (Å²) in [5.74, 6) is 1.45. The van der Waals surface area contributed by atoms with Crippen molar-refractivity contribution in [2.45, 2.75) is 0 Å². The number of carbonyl (C=O) groups is 1. The van der Waals surface area contributed by atoms with Crippen molar-refractivity contribution in [3.63, 3.8) is 0 Å². The summed E-state index contributed by atoms with van der Waals surface area (Å²) in [6.45, 7) is 0. The molecular weight excluding hydrogens is 406 g/mol. The fraction of sp³-hybridized carbons (Fsp3) is 0.158. The molecule has 1 amide bonds. The minimum atomic E-state index is -0.193. The zero-order chi connectivity index (χ0) is 19.6. The van der Waals surface area contributed by atoms with E-state index in [-0.39, 0.29) is 5.91 Å². The van der Waals surface area contributed by atoms with Crippen molar-refractivity contribution in [3.8, 4) is 17.2 Å². The number of anilines is 1. The second-order valence-corrected chi connectivity index (χ2v) is 7.54. The minimum Gasteiger partial charge on any atom is -0.497 e. The van der Waals surface area contributed by atoms with Gasteiger partial charge in [0.25, 0.3) is 5.91 Å². The first-order chi connectivity index (χ1) is 13.0. The summed E-state index contributed by atoms with van der Waals surface area (Å²) < 4.78 is 16.1. The van der Waals surface area contributed by atoms with Crippen molar-refractivity contribution >= 4 is 57.6 Å². The Balaban J connectivity index is 1.93. The highest BCUT2D eigenvalue weighted by atomic mass is 35.5. The maximum absolute atomic E-state index is 12.9. The summed E-state index contributed by atoms with van der Waals surface area (Å²) in [6.07, 6.45) is 1.73. The standard InChI is InChI=1S/C19H16ClNO4S2/c1-23-13-6-4-12(5-7-13)21-18(22)16(27-19(21)26)10-11-8-14(20)17(25-3)15(9-11)24-2/h4-10H,1-3H3/b16-10+. The first-order valence-corrected chi connectivity index (χ1v) is 9.42. The molecule has 3 rings (SSSR count). The predicted molar refractivity (Wildman–Crippen MR) is 113 cm³/mol. The molecule has 1 fully saturated rings. The quantitative estimate of drug-likeness (QED) is 0.512. The Bertz CT molecular complexity index is 928. The first kappa shape index (κ1) is 19.5. The zero-order valence-corrected chi connectivity index (χ0v) is 17.2. The first-order valence-electron chi connectivity index (χ1n) is 7.82. The van der Waals surface area contributed by atoms with E-state index in [4.69, 9.17) is 38.0 Å². The minimum absolute atomic E-state index is 0.193. The predicted octanol–water partition coefficient (Wildman–Crippen LogP) is 4.77. The van der Waals surface area contributed by atoms with Crippen molar-refractivity contribution < 1.29 is 19.0 Å². The van der Waals surface area contributed by atoms with Crippen molar-refractivity contribution in [1.29, 1.82) is 0 Å². The van der Waals surface area contributed by atoms with Gasteiger partial charge in [-0.3, -0.25) is 9.69 Å². The monoisotopic (exact) mass is 421 g/mol. The van der Waals surface area contributed by atoms with E-state index < -0.39 is 0 Å². The van der Waals surface area contributed by atoms with Crippen molar-refractivity contribution in [2.24, 2.45) is 0 Å². The van der Waals surface area contributed by atoms with Crippen LogP contribution in [-0.2, 0) is 4.79 Å². The number of thiocarbonyl (C=S) groups is 1. The van der Waals surface area contributed by atoms with E-state index in [0.29, 0.717) is 42.7 Å². The summed E-state index contributed by atoms with van der Waals surface area (Å²) >= 11 is 12.9. The third kappa shape index (κ3) is 3.90. The number of hydrogen-bond acceptors (Lipinski definition) is 6. The molecule has 1 saturated heterocycles. The smallest absolute Gasteiger partial charge is 0.270 e. The molecule has 27 heavy (non-hydrogen) atoms. The second-order valence-electron chi connectivity index (χ2n) is 5.45. The number of halogens is 1. The molecule has 2 aromatic carbocycles. The normalized spacial score (nSPS) is 15.4. The molecule has 0 unspecified atom stereocenters. The average Bonchev–Trinajstić information content (AvgIpc) is 2.94. The number of thioether (sulfide) groups is 1. The van der Waals surface area contributed by atoms with Crippen LogP contribution in [0.2, 0.25) is 5.02 Å². The number of hydrogen-bond donors (Lipinski definition) is 0. The molecule has 0 radical (unpaired) electrons. The Morgan fingerprint density at radius 1 is 1.07 bits per heavy atom. The van der Waals surface area contributed by atoms with Crippen molar-refractivity contribution in [1.82, 2.24) is 0 Å². The van der Waals surface area contributed by atoms with Crippen LogP contribution in [0.25, 0.3) is 6.08 Å². The summed E-state index contributed by atoms with van der Waals surface area (Å²) in [5, 5.41) is 0.397. The number of ether oxygens (including phenoxy) is 3. The van der Waals surface area contributed by atoms with Crippen LogP contribution in [0.4, 0.5) is 5.69 Å². The second kappa shape index (κ2) is 8.21. The maximum Gasteiger partial charge on any atom is 0.270 e. The molecule has 0 spiro atoms. The molecule has 1 aliphatic heterocycles. The van der Waals surface area contributed by atoms with E-state index >= 15 is 0 Å². The van der Waals surface area contributed by atoms with Gasteiger partial charge in [0.2, 0.25) is 0 Å². The molecule has 2 aromatic rings. The van der Waals surface area contributed by atoms with Crippen LogP contribution >= 0.6 is 35.6 Å². The lowest BCUT2D eigenvalue weighted by Crippen LogP contribution is -2.27. The average molecular weight is 422 g/mol. The van der Waals surface area contributed by atoms with Crippen molar-refractivity contribution in [2.75, 3.05) is 26.2 Å². The Kier molecular flexibility index (Phi) is 5.94. The number of methoxy groups -OCH3 is 3. The van der Waals surface area contributed by atoms with Gasteiger partial charge in [0, 0.05) is 0 Å². The third-order valence-electron chi connectivity index (χ3n) is 3.88. The maximum atomic E-state index is 12.9. The van der Waals surface area contributed by atoms with Gasteiger partial charge in [-0.1, -0.05) is 35.6 Å². The van der Waals surface area contributed by atoms with Crippen LogP contribution in [0.3, 0.4) is 0 Å². The Hall–Kier alpha value is -2.22. The molecule has 0 aromatic heterocycles. The molecule has 1 aliphatic rings. The van der Waals surface area contributed by atoms with E-state index in [2.05, 4.69) is 0 Å². The van der Waals surface area contributed by atoms with Gasteiger partial charge in [-0.15, -0.1) is 0 Å². The highest BCUT2D eigenvalue weighted by Gasteiger charge is 2.33. The van der Waals surface area contributed by atoms with Crippen LogP contribution in [0.15, 0.2) is 41.3 Å². The van der Waals surface area contributed by atoms with E-state index in [1.165, 1.54) is 30.9 Å². The van der Waals surface area contributed by atoms with Gasteiger partial charge in [0.05, 0.1) is 36.9 Å². The summed E-state index contributed by atoms with van der Waals surface area (Å²) in [7, 11) is 4.64. The Morgan fingerprint density at radius 3 is 2.37 bits per heavy atom. The fourth-order valence-corrected chi connectivity index (χ4v) is 4.19. The van der Waals surface area contributed by atoms with E-state index in [9.17, 15) is 4.79 Å². The highest BCUT2D eigenvalue weighted by Crippen LogP contribution is 2.40. The molecule has 0 bridgehead atoms. The molecule has 0 aliphatic carbocycles. The largest absolute Gasteiger partial charge is 0.497 e. The molecule has 1 heterocycles. The lowest BCUT2D eigenvalue weighted by Gasteiger charge is -2.14.